The highest BCUT2D eigenvalue weighted by Gasteiger charge is 2.18. The predicted molar refractivity (Wildman–Crippen MR) is 134 cm³/mol. The van der Waals surface area contributed by atoms with Crippen LogP contribution < -0.4 is 0 Å². The predicted octanol–water partition coefficient (Wildman–Crippen LogP) is 9.12. The van der Waals surface area contributed by atoms with Crippen molar-refractivity contribution in [3.63, 3.8) is 0 Å². The van der Waals surface area contributed by atoms with E-state index in [1.165, 1.54) is 53.6 Å². The topological polar surface area (TPSA) is 0 Å². The first-order chi connectivity index (χ1) is 14.9. The summed E-state index contributed by atoms with van der Waals surface area (Å²) in [6.07, 6.45) is 0. The fraction of sp³-hybridized carbons (Fsp3) is 0. The second-order valence-corrected chi connectivity index (χ2v) is 9.28. The van der Waals surface area contributed by atoms with Gasteiger partial charge in [0.25, 0.3) is 0 Å². The molecule has 4 aromatic carbocycles. The van der Waals surface area contributed by atoms with Crippen molar-refractivity contribution in [1.29, 1.82) is 0 Å². The Morgan fingerprint density at radius 1 is 0.500 bits per heavy atom. The zero-order valence-corrected chi connectivity index (χ0v) is 17.8. The Bertz CT molecular complexity index is 1490. The van der Waals surface area contributed by atoms with Crippen molar-refractivity contribution in [1.82, 2.24) is 0 Å². The van der Waals surface area contributed by atoms with Crippen LogP contribution in [0.15, 0.2) is 108 Å². The Labute approximate surface area is 183 Å². The molecule has 2 heterocycles. The fourth-order valence-electron chi connectivity index (χ4n) is 4.15. The lowest BCUT2D eigenvalue weighted by Crippen LogP contribution is -1.84. The highest BCUT2D eigenvalue weighted by molar-refractivity contribution is 7.21. The van der Waals surface area contributed by atoms with E-state index in [1.54, 1.807) is 0 Å². The largest absolute Gasteiger partial charge is 0.143 e. The van der Waals surface area contributed by atoms with Gasteiger partial charge in [-0.15, -0.1) is 22.7 Å². The molecule has 0 aliphatic carbocycles. The molecule has 6 rings (SSSR count). The monoisotopic (exact) mass is 418 g/mol. The van der Waals surface area contributed by atoms with Crippen molar-refractivity contribution in [3.05, 3.63) is 108 Å². The molecule has 6 aromatic rings. The summed E-state index contributed by atoms with van der Waals surface area (Å²) >= 11 is 3.65. The summed E-state index contributed by atoms with van der Waals surface area (Å²) in [5, 5.41) is 9.60. The summed E-state index contributed by atoms with van der Waals surface area (Å²) in [5.74, 6) is 0. The third kappa shape index (κ3) is 2.97. The van der Waals surface area contributed by atoms with Gasteiger partial charge in [0.2, 0.25) is 0 Å². The zero-order chi connectivity index (χ0) is 19.9. The minimum Gasteiger partial charge on any atom is -0.143 e. The van der Waals surface area contributed by atoms with E-state index in [0.717, 1.165) is 0 Å². The quantitative estimate of drug-likeness (QED) is 0.269. The lowest BCUT2D eigenvalue weighted by atomic mass is 9.93. The maximum atomic E-state index is 2.33. The fourth-order valence-corrected chi connectivity index (χ4v) is 6.13. The summed E-state index contributed by atoms with van der Waals surface area (Å²) in [5.41, 5.74) is 5.20. The normalized spacial score (nSPS) is 11.3. The van der Waals surface area contributed by atoms with Gasteiger partial charge in [0.15, 0.2) is 0 Å². The van der Waals surface area contributed by atoms with Crippen LogP contribution in [0.4, 0.5) is 0 Å². The second-order valence-electron chi connectivity index (χ2n) is 7.45. The van der Waals surface area contributed by atoms with Crippen molar-refractivity contribution >= 4 is 44.2 Å². The van der Waals surface area contributed by atoms with Gasteiger partial charge in [0, 0.05) is 16.0 Å². The van der Waals surface area contributed by atoms with Crippen molar-refractivity contribution in [2.75, 3.05) is 0 Å². The summed E-state index contributed by atoms with van der Waals surface area (Å²) < 4.78 is 0. The van der Waals surface area contributed by atoms with Gasteiger partial charge in [0.1, 0.15) is 0 Å². The lowest BCUT2D eigenvalue weighted by molar-refractivity contribution is 1.67. The summed E-state index contributed by atoms with van der Waals surface area (Å²) in [4.78, 5) is 2.68. The van der Waals surface area contributed by atoms with E-state index in [2.05, 4.69) is 108 Å². The maximum absolute atomic E-state index is 2.33. The molecule has 30 heavy (non-hydrogen) atoms. The van der Waals surface area contributed by atoms with Crippen LogP contribution in [0.3, 0.4) is 0 Å². The van der Waals surface area contributed by atoms with E-state index in [0.29, 0.717) is 0 Å². The molecule has 0 saturated carbocycles. The van der Waals surface area contributed by atoms with E-state index >= 15 is 0 Å². The van der Waals surface area contributed by atoms with Crippen LogP contribution in [0, 0.1) is 0 Å². The van der Waals surface area contributed by atoms with Crippen molar-refractivity contribution in [2.24, 2.45) is 0 Å². The molecule has 0 atom stereocenters. The summed E-state index contributed by atoms with van der Waals surface area (Å²) in [7, 11) is 0. The highest BCUT2D eigenvalue weighted by Crippen LogP contribution is 2.46. The Morgan fingerprint density at radius 3 is 1.80 bits per heavy atom. The van der Waals surface area contributed by atoms with Crippen molar-refractivity contribution in [2.45, 2.75) is 0 Å². The molecule has 0 amide bonds. The Morgan fingerprint density at radius 2 is 1.13 bits per heavy atom. The molecule has 0 radical (unpaired) electrons. The van der Waals surface area contributed by atoms with Crippen LogP contribution in [0.5, 0.6) is 0 Å². The molecule has 2 heteroatoms. The number of fused-ring (bicyclic) bond motifs is 2. The van der Waals surface area contributed by atoms with E-state index in [4.69, 9.17) is 0 Å². The Kier molecular flexibility index (Phi) is 4.26. The molecule has 2 aromatic heterocycles. The summed E-state index contributed by atoms with van der Waals surface area (Å²) in [6, 6.07) is 35.2. The van der Waals surface area contributed by atoms with Crippen LogP contribution >= 0.6 is 22.7 Å². The maximum Gasteiger partial charge on any atom is 0.0527 e. The second kappa shape index (κ2) is 7.24. The molecule has 0 spiro atoms. The molecule has 0 N–H and O–H groups in total. The minimum absolute atomic E-state index is 1.27. The molecule has 0 fully saturated rings. The van der Waals surface area contributed by atoms with Gasteiger partial charge in [-0.25, -0.2) is 0 Å². The van der Waals surface area contributed by atoms with E-state index < -0.39 is 0 Å². The number of rotatable bonds is 3. The van der Waals surface area contributed by atoms with Crippen LogP contribution in [0.1, 0.15) is 0 Å². The molecule has 0 saturated heterocycles. The van der Waals surface area contributed by atoms with Gasteiger partial charge in [-0.1, -0.05) is 78.9 Å². The molecule has 0 aliphatic heterocycles. The molecular weight excluding hydrogens is 400 g/mol. The lowest BCUT2D eigenvalue weighted by Gasteiger charge is -2.10. The average Bonchev–Trinajstić information content (AvgIpc) is 3.48. The molecule has 0 unspecified atom stereocenters. The summed E-state index contributed by atoms with van der Waals surface area (Å²) in [6.45, 7) is 0. The van der Waals surface area contributed by atoms with E-state index in [1.807, 2.05) is 22.7 Å². The van der Waals surface area contributed by atoms with Gasteiger partial charge < -0.3 is 0 Å². The number of benzene rings is 4. The first kappa shape index (κ1) is 17.6. The van der Waals surface area contributed by atoms with E-state index in [-0.39, 0.29) is 0 Å². The first-order valence-corrected chi connectivity index (χ1v) is 11.8. The first-order valence-electron chi connectivity index (χ1n) is 10.0. The van der Waals surface area contributed by atoms with Crippen molar-refractivity contribution < 1.29 is 0 Å². The van der Waals surface area contributed by atoms with Gasteiger partial charge in [0.05, 0.1) is 4.88 Å². The van der Waals surface area contributed by atoms with Gasteiger partial charge in [-0.3, -0.25) is 0 Å². The SMILES string of the molecule is c1csc(-c2scc(-c3ccc4ccccc4c3)c2-c2ccc3ccccc3c2)c1. The molecule has 0 bridgehead atoms. The van der Waals surface area contributed by atoms with Gasteiger partial charge in [-0.2, -0.15) is 0 Å². The van der Waals surface area contributed by atoms with Crippen LogP contribution in [-0.2, 0) is 0 Å². The van der Waals surface area contributed by atoms with Crippen LogP contribution in [0.25, 0.3) is 53.6 Å². The Hall–Kier alpha value is -3.20. The average molecular weight is 419 g/mol. The number of hydrogen-bond donors (Lipinski definition) is 0. The van der Waals surface area contributed by atoms with Crippen molar-refractivity contribution in [3.8, 4) is 32.0 Å². The third-order valence-electron chi connectivity index (χ3n) is 5.63. The zero-order valence-electron chi connectivity index (χ0n) is 16.2. The molecule has 0 nitrogen and oxygen atoms in total. The molecule has 142 valence electrons. The van der Waals surface area contributed by atoms with Gasteiger partial charge >= 0.3 is 0 Å². The molecular formula is C28H18S2. The Balaban J connectivity index is 1.61. The third-order valence-corrected chi connectivity index (χ3v) is 7.66. The standard InChI is InChI=1S/C28H18S2/c1-3-8-21-16-23(13-11-19(21)6-1)25-18-30-28(26-10-5-15-29-26)27(25)24-14-12-20-7-2-4-9-22(20)17-24/h1-18H. The minimum atomic E-state index is 1.27. The smallest absolute Gasteiger partial charge is 0.0527 e. The van der Waals surface area contributed by atoms with Crippen LogP contribution in [0.2, 0.25) is 0 Å². The number of hydrogen-bond acceptors (Lipinski definition) is 2. The molecule has 0 aliphatic rings. The van der Waals surface area contributed by atoms with Crippen LogP contribution in [-0.4, -0.2) is 0 Å². The van der Waals surface area contributed by atoms with Gasteiger partial charge in [-0.05, 0) is 61.6 Å². The van der Waals surface area contributed by atoms with E-state index in [9.17, 15) is 0 Å². The highest BCUT2D eigenvalue weighted by atomic mass is 32.1. The number of thiophene rings is 2.